The van der Waals surface area contributed by atoms with Gasteiger partial charge in [-0.1, -0.05) is 13.8 Å². The van der Waals surface area contributed by atoms with Crippen LogP contribution in [0.3, 0.4) is 0 Å². The first-order valence-corrected chi connectivity index (χ1v) is 9.12. The van der Waals surface area contributed by atoms with Gasteiger partial charge in [0.25, 0.3) is 0 Å². The number of amides is 2. The minimum Gasteiger partial charge on any atom is -0.480 e. The number of urea groups is 1. The maximum Gasteiger partial charge on any atom is 0.326 e. The summed E-state index contributed by atoms with van der Waals surface area (Å²) in [5, 5.41) is 11.8. The van der Waals surface area contributed by atoms with Crippen molar-refractivity contribution in [3.8, 4) is 0 Å². The Labute approximate surface area is 131 Å². The lowest BCUT2D eigenvalue weighted by atomic mass is 9.89. The van der Waals surface area contributed by atoms with Crippen molar-refractivity contribution in [3.63, 3.8) is 0 Å². The average molecular weight is 316 g/mol. The van der Waals surface area contributed by atoms with Crippen LogP contribution >= 0.6 is 11.8 Å². The zero-order valence-corrected chi connectivity index (χ0v) is 14.1. The third kappa shape index (κ3) is 6.16. The lowest BCUT2D eigenvalue weighted by molar-refractivity contribution is -0.139. The number of carbonyl (C=O) groups excluding carboxylic acids is 1. The fourth-order valence-electron chi connectivity index (χ4n) is 2.73. The molecule has 6 heteroatoms. The Kier molecular flexibility index (Phi) is 7.93. The summed E-state index contributed by atoms with van der Waals surface area (Å²) in [6.07, 6.45) is 5.55. The number of thioether (sulfide) groups is 1. The van der Waals surface area contributed by atoms with Gasteiger partial charge in [-0.2, -0.15) is 11.8 Å². The number of nitrogens with zero attached hydrogens (tertiary/aromatic N) is 1. The van der Waals surface area contributed by atoms with Crippen molar-refractivity contribution in [2.24, 2.45) is 11.8 Å². The standard InChI is InChI=1S/C15H28N2O3S/c1-11(2)12-5-4-8-17(9-6-12)15(20)16-13(14(18)19)7-10-21-3/h11-13H,4-10H2,1-3H3,(H,16,20)(H,18,19)/t12?,13-/m1/s1. The second-order valence-corrected chi connectivity index (χ2v) is 7.03. The van der Waals surface area contributed by atoms with Crippen molar-refractivity contribution in [1.29, 1.82) is 0 Å². The lowest BCUT2D eigenvalue weighted by Gasteiger charge is -2.24. The van der Waals surface area contributed by atoms with Gasteiger partial charge >= 0.3 is 12.0 Å². The van der Waals surface area contributed by atoms with E-state index in [4.69, 9.17) is 0 Å². The molecule has 5 nitrogen and oxygen atoms in total. The van der Waals surface area contributed by atoms with Gasteiger partial charge in [0.2, 0.25) is 0 Å². The summed E-state index contributed by atoms with van der Waals surface area (Å²) in [5.74, 6) is 1.08. The van der Waals surface area contributed by atoms with Crippen molar-refractivity contribution < 1.29 is 14.7 Å². The summed E-state index contributed by atoms with van der Waals surface area (Å²) in [7, 11) is 0. The van der Waals surface area contributed by atoms with E-state index in [9.17, 15) is 14.7 Å². The molecule has 0 saturated carbocycles. The Balaban J connectivity index is 2.51. The highest BCUT2D eigenvalue weighted by atomic mass is 32.2. The van der Waals surface area contributed by atoms with E-state index >= 15 is 0 Å². The van der Waals surface area contributed by atoms with Crippen molar-refractivity contribution in [2.75, 3.05) is 25.1 Å². The molecule has 0 bridgehead atoms. The van der Waals surface area contributed by atoms with Crippen molar-refractivity contribution >= 4 is 23.8 Å². The van der Waals surface area contributed by atoms with Crippen LogP contribution in [0.5, 0.6) is 0 Å². The van der Waals surface area contributed by atoms with Gasteiger partial charge in [0.05, 0.1) is 0 Å². The number of carbonyl (C=O) groups is 2. The average Bonchev–Trinajstić information content (AvgIpc) is 2.68. The summed E-state index contributed by atoms with van der Waals surface area (Å²) in [6, 6.07) is -1.01. The number of nitrogens with one attached hydrogen (secondary N) is 1. The number of likely N-dealkylation sites (tertiary alicyclic amines) is 1. The van der Waals surface area contributed by atoms with Gasteiger partial charge in [0.15, 0.2) is 0 Å². The summed E-state index contributed by atoms with van der Waals surface area (Å²) < 4.78 is 0. The molecule has 2 atom stereocenters. The minimum atomic E-state index is -0.952. The summed E-state index contributed by atoms with van der Waals surface area (Å²) in [6.45, 7) is 5.90. The van der Waals surface area contributed by atoms with E-state index in [0.29, 0.717) is 18.3 Å². The topological polar surface area (TPSA) is 69.6 Å². The Morgan fingerprint density at radius 3 is 2.62 bits per heavy atom. The monoisotopic (exact) mass is 316 g/mol. The lowest BCUT2D eigenvalue weighted by Crippen LogP contribution is -2.48. The molecule has 2 amide bonds. The highest BCUT2D eigenvalue weighted by Gasteiger charge is 2.25. The number of rotatable bonds is 6. The Bertz CT molecular complexity index is 350. The van der Waals surface area contributed by atoms with E-state index in [0.717, 1.165) is 38.1 Å². The molecule has 1 fully saturated rings. The van der Waals surface area contributed by atoms with Crippen LogP contribution in [0.2, 0.25) is 0 Å². The second kappa shape index (κ2) is 9.18. The molecule has 1 heterocycles. The first-order valence-electron chi connectivity index (χ1n) is 7.72. The molecule has 0 aromatic heterocycles. The molecule has 0 aliphatic carbocycles. The first kappa shape index (κ1) is 18.1. The van der Waals surface area contributed by atoms with Crippen LogP contribution in [0.15, 0.2) is 0 Å². The summed E-state index contributed by atoms with van der Waals surface area (Å²) in [5.41, 5.74) is 0. The molecular weight excluding hydrogens is 288 g/mol. The molecule has 0 radical (unpaired) electrons. The number of aliphatic carboxylic acids is 1. The Hall–Kier alpha value is -0.910. The fourth-order valence-corrected chi connectivity index (χ4v) is 3.20. The highest BCUT2D eigenvalue weighted by Crippen LogP contribution is 2.24. The number of carboxylic acid groups (broad SMARTS) is 1. The quantitative estimate of drug-likeness (QED) is 0.790. The van der Waals surface area contributed by atoms with Gasteiger partial charge in [-0.25, -0.2) is 9.59 Å². The van der Waals surface area contributed by atoms with Gasteiger partial charge in [0, 0.05) is 13.1 Å². The summed E-state index contributed by atoms with van der Waals surface area (Å²) in [4.78, 5) is 25.2. The van der Waals surface area contributed by atoms with Gasteiger partial charge in [-0.3, -0.25) is 0 Å². The van der Waals surface area contributed by atoms with E-state index in [1.54, 1.807) is 16.7 Å². The third-order valence-corrected chi connectivity index (χ3v) is 4.85. The van der Waals surface area contributed by atoms with Gasteiger partial charge in [-0.05, 0) is 49.5 Å². The van der Waals surface area contributed by atoms with Crippen LogP contribution in [-0.4, -0.2) is 53.1 Å². The van der Waals surface area contributed by atoms with Crippen molar-refractivity contribution in [2.45, 2.75) is 45.6 Å². The highest BCUT2D eigenvalue weighted by molar-refractivity contribution is 7.98. The molecule has 1 unspecified atom stereocenters. The predicted octanol–water partition coefficient (Wildman–Crippen LogP) is 2.66. The van der Waals surface area contributed by atoms with E-state index in [1.807, 2.05) is 6.26 Å². The molecule has 2 N–H and O–H groups in total. The van der Waals surface area contributed by atoms with E-state index in [-0.39, 0.29) is 6.03 Å². The van der Waals surface area contributed by atoms with E-state index < -0.39 is 12.0 Å². The molecule has 1 rings (SSSR count). The largest absolute Gasteiger partial charge is 0.480 e. The number of carboxylic acids is 1. The third-order valence-electron chi connectivity index (χ3n) is 4.21. The smallest absolute Gasteiger partial charge is 0.326 e. The molecule has 122 valence electrons. The van der Waals surface area contributed by atoms with Gasteiger partial charge in [-0.15, -0.1) is 0 Å². The molecule has 21 heavy (non-hydrogen) atoms. The van der Waals surface area contributed by atoms with E-state index in [2.05, 4.69) is 19.2 Å². The zero-order valence-electron chi connectivity index (χ0n) is 13.3. The van der Waals surface area contributed by atoms with Crippen LogP contribution < -0.4 is 5.32 Å². The molecule has 0 aromatic rings. The molecule has 0 aromatic carbocycles. The Morgan fingerprint density at radius 1 is 1.33 bits per heavy atom. The minimum absolute atomic E-state index is 0.229. The van der Waals surface area contributed by atoms with Crippen molar-refractivity contribution in [3.05, 3.63) is 0 Å². The molecule has 1 aliphatic rings. The number of hydrogen-bond acceptors (Lipinski definition) is 3. The Morgan fingerprint density at radius 2 is 2.05 bits per heavy atom. The second-order valence-electron chi connectivity index (χ2n) is 6.04. The molecular formula is C15H28N2O3S. The van der Waals surface area contributed by atoms with Crippen LogP contribution in [0, 0.1) is 11.8 Å². The summed E-state index contributed by atoms with van der Waals surface area (Å²) >= 11 is 1.59. The zero-order chi connectivity index (χ0) is 15.8. The van der Waals surface area contributed by atoms with Gasteiger partial charge < -0.3 is 15.3 Å². The molecule has 0 spiro atoms. The maximum absolute atomic E-state index is 12.3. The van der Waals surface area contributed by atoms with Crippen molar-refractivity contribution in [1.82, 2.24) is 10.2 Å². The van der Waals surface area contributed by atoms with E-state index in [1.165, 1.54) is 0 Å². The van der Waals surface area contributed by atoms with Crippen LogP contribution in [0.25, 0.3) is 0 Å². The maximum atomic E-state index is 12.3. The number of hydrogen-bond donors (Lipinski definition) is 2. The predicted molar refractivity (Wildman–Crippen MR) is 86.7 cm³/mol. The normalized spacial score (nSPS) is 21.0. The molecule has 1 saturated heterocycles. The SMILES string of the molecule is CSCC[C@@H](NC(=O)N1CCCC(C(C)C)CC1)C(=O)O. The first-order chi connectivity index (χ1) is 9.95. The van der Waals surface area contributed by atoms with Gasteiger partial charge in [0.1, 0.15) is 6.04 Å². The molecule has 1 aliphatic heterocycles. The van der Waals surface area contributed by atoms with Crippen LogP contribution in [0.1, 0.15) is 39.5 Å². The van der Waals surface area contributed by atoms with Crippen LogP contribution in [0.4, 0.5) is 4.79 Å². The van der Waals surface area contributed by atoms with Crippen LogP contribution in [-0.2, 0) is 4.79 Å². The fraction of sp³-hybridized carbons (Fsp3) is 0.867.